The highest BCUT2D eigenvalue weighted by molar-refractivity contribution is 5.91. The number of carbonyl (C=O) groups excluding carboxylic acids is 4. The van der Waals surface area contributed by atoms with E-state index in [0.29, 0.717) is 19.5 Å². The van der Waals surface area contributed by atoms with Crippen molar-refractivity contribution in [1.29, 1.82) is 0 Å². The zero-order valence-electron chi connectivity index (χ0n) is 28.3. The first-order valence-corrected chi connectivity index (χ1v) is 15.5. The molecule has 3 N–H and O–H groups in total. The monoisotopic (exact) mass is 600 g/mol. The average Bonchev–Trinajstić information content (AvgIpc) is 3.44. The number of carbonyl (C=O) groups is 4. The summed E-state index contributed by atoms with van der Waals surface area (Å²) in [5, 5.41) is 8.94. The van der Waals surface area contributed by atoms with E-state index in [1.807, 2.05) is 76.9 Å². The molecule has 242 valence electrons. The van der Waals surface area contributed by atoms with Crippen molar-refractivity contribution in [1.82, 2.24) is 30.7 Å². The molecule has 4 atom stereocenters. The molecule has 4 amide bonds. The Morgan fingerprint density at radius 2 is 1.58 bits per heavy atom. The third-order valence-corrected chi connectivity index (χ3v) is 8.83. The smallest absolute Gasteiger partial charge is 0.245 e. The molecular formula is C33H56N6O4. The van der Waals surface area contributed by atoms with Crippen molar-refractivity contribution < 1.29 is 19.2 Å². The number of benzene rings is 1. The van der Waals surface area contributed by atoms with Crippen molar-refractivity contribution in [3.05, 3.63) is 35.9 Å². The lowest BCUT2D eigenvalue weighted by atomic mass is 9.76. The minimum atomic E-state index is -0.765. The summed E-state index contributed by atoms with van der Waals surface area (Å²) in [6, 6.07) is 7.91. The van der Waals surface area contributed by atoms with E-state index >= 15 is 0 Å². The molecule has 1 heterocycles. The van der Waals surface area contributed by atoms with Crippen LogP contribution in [0.15, 0.2) is 30.3 Å². The second-order valence-electron chi connectivity index (χ2n) is 13.9. The fourth-order valence-electron chi connectivity index (χ4n) is 6.09. The van der Waals surface area contributed by atoms with Gasteiger partial charge in [0.05, 0.1) is 12.6 Å². The van der Waals surface area contributed by atoms with Gasteiger partial charge < -0.3 is 25.8 Å². The van der Waals surface area contributed by atoms with Crippen LogP contribution in [0.1, 0.15) is 66.9 Å². The molecule has 10 nitrogen and oxygen atoms in total. The predicted octanol–water partition coefficient (Wildman–Crippen LogP) is 2.23. The van der Waals surface area contributed by atoms with Gasteiger partial charge in [-0.1, -0.05) is 78.8 Å². The Bertz CT molecular complexity index is 1100. The van der Waals surface area contributed by atoms with Crippen molar-refractivity contribution in [2.24, 2.45) is 11.3 Å². The first-order chi connectivity index (χ1) is 20.0. The molecule has 0 radical (unpaired) electrons. The molecule has 1 aliphatic heterocycles. The lowest BCUT2D eigenvalue weighted by Gasteiger charge is -2.41. The fraction of sp³-hybridized carbons (Fsp3) is 0.697. The summed E-state index contributed by atoms with van der Waals surface area (Å²) in [5.74, 6) is -0.551. The van der Waals surface area contributed by atoms with E-state index in [1.54, 1.807) is 30.9 Å². The van der Waals surface area contributed by atoms with E-state index in [-0.39, 0.29) is 42.1 Å². The summed E-state index contributed by atoms with van der Waals surface area (Å²) in [5.41, 5.74) is -0.0583. The summed E-state index contributed by atoms with van der Waals surface area (Å²) in [4.78, 5) is 58.6. The highest BCUT2D eigenvalue weighted by Gasteiger charge is 2.42. The molecule has 1 saturated heterocycles. The maximum atomic E-state index is 14.1. The Labute approximate surface area is 259 Å². The zero-order valence-corrected chi connectivity index (χ0v) is 28.3. The lowest BCUT2D eigenvalue weighted by Crippen LogP contribution is -2.62. The molecule has 10 heteroatoms. The van der Waals surface area contributed by atoms with Crippen molar-refractivity contribution in [3.8, 4) is 0 Å². The standard InChI is InChI=1S/C33H56N6O4/c1-22(2)25(20-37(10)21-26(40)39-19-15-18-24(39)29(41)35-9)38(11)31(43)28(32(3,4)5)36-30(42)27(34-8)33(6,7)23-16-13-12-14-17-23/h12-14,16-17,22,24-25,27-28,34H,15,18-21H2,1-11H3,(H,35,41)(H,36,42). The third kappa shape index (κ3) is 9.01. The quantitative estimate of drug-likeness (QED) is 0.320. The molecule has 0 aromatic heterocycles. The van der Waals surface area contributed by atoms with E-state index < -0.39 is 29.0 Å². The number of hydrogen-bond acceptors (Lipinski definition) is 6. The van der Waals surface area contributed by atoms with Gasteiger partial charge in [-0.3, -0.25) is 24.1 Å². The molecule has 0 spiro atoms. The molecule has 1 aliphatic rings. The van der Waals surface area contributed by atoms with Crippen LogP contribution in [-0.4, -0.2) is 110 Å². The van der Waals surface area contributed by atoms with Gasteiger partial charge in [0.15, 0.2) is 0 Å². The topological polar surface area (TPSA) is 114 Å². The van der Waals surface area contributed by atoms with Crippen LogP contribution < -0.4 is 16.0 Å². The number of nitrogens with one attached hydrogen (secondary N) is 3. The summed E-state index contributed by atoms with van der Waals surface area (Å²) in [6.07, 6.45) is 1.47. The summed E-state index contributed by atoms with van der Waals surface area (Å²) < 4.78 is 0. The van der Waals surface area contributed by atoms with Gasteiger partial charge in [-0.05, 0) is 43.8 Å². The number of nitrogens with zero attached hydrogens (tertiary/aromatic N) is 3. The normalized spacial score (nSPS) is 17.9. The largest absolute Gasteiger partial charge is 0.357 e. The summed E-state index contributed by atoms with van der Waals surface area (Å²) in [6.45, 7) is 15.2. The SMILES string of the molecule is CNC(=O)C1CCCN1C(=O)CN(C)CC(C(C)C)N(C)C(=O)C(NC(=O)C(NC)C(C)(C)c1ccccc1)C(C)(C)C. The second kappa shape index (κ2) is 15.1. The van der Waals surface area contributed by atoms with E-state index in [1.165, 1.54) is 0 Å². The Hall–Kier alpha value is -2.98. The molecule has 0 aliphatic carbocycles. The molecule has 1 fully saturated rings. The van der Waals surface area contributed by atoms with Gasteiger partial charge >= 0.3 is 0 Å². The van der Waals surface area contributed by atoms with E-state index in [4.69, 9.17) is 0 Å². The number of likely N-dealkylation sites (tertiary alicyclic amines) is 1. The first-order valence-electron chi connectivity index (χ1n) is 15.5. The van der Waals surface area contributed by atoms with Gasteiger partial charge in [0.1, 0.15) is 12.1 Å². The van der Waals surface area contributed by atoms with Crippen LogP contribution >= 0.6 is 0 Å². The molecular weight excluding hydrogens is 544 g/mol. The van der Waals surface area contributed by atoms with Crippen molar-refractivity contribution in [2.45, 2.75) is 90.9 Å². The summed E-state index contributed by atoms with van der Waals surface area (Å²) in [7, 11) is 6.99. The van der Waals surface area contributed by atoms with Gasteiger partial charge in [-0.25, -0.2) is 0 Å². The van der Waals surface area contributed by atoms with E-state index in [9.17, 15) is 19.2 Å². The molecule has 1 aromatic carbocycles. The van der Waals surface area contributed by atoms with Gasteiger partial charge in [0, 0.05) is 38.6 Å². The Balaban J connectivity index is 2.20. The average molecular weight is 601 g/mol. The van der Waals surface area contributed by atoms with Crippen LogP contribution in [0.25, 0.3) is 0 Å². The molecule has 4 unspecified atom stereocenters. The van der Waals surface area contributed by atoms with Crippen molar-refractivity contribution >= 4 is 23.6 Å². The number of amides is 4. The second-order valence-corrected chi connectivity index (χ2v) is 13.9. The maximum Gasteiger partial charge on any atom is 0.245 e. The number of likely N-dealkylation sites (N-methyl/N-ethyl adjacent to an activating group) is 4. The Morgan fingerprint density at radius 3 is 2.09 bits per heavy atom. The molecule has 0 bridgehead atoms. The van der Waals surface area contributed by atoms with Crippen LogP contribution in [0.4, 0.5) is 0 Å². The number of hydrogen-bond donors (Lipinski definition) is 3. The van der Waals surface area contributed by atoms with Crippen LogP contribution in [0, 0.1) is 11.3 Å². The predicted molar refractivity (Wildman–Crippen MR) is 171 cm³/mol. The molecule has 0 saturated carbocycles. The lowest BCUT2D eigenvalue weighted by molar-refractivity contribution is -0.142. The Morgan fingerprint density at radius 1 is 0.977 bits per heavy atom. The highest BCUT2D eigenvalue weighted by Crippen LogP contribution is 2.29. The zero-order chi connectivity index (χ0) is 32.7. The van der Waals surface area contributed by atoms with Crippen molar-refractivity contribution in [3.63, 3.8) is 0 Å². The van der Waals surface area contributed by atoms with Gasteiger partial charge in [0.25, 0.3) is 0 Å². The first kappa shape index (κ1) is 36.2. The minimum absolute atomic E-state index is 0.0929. The van der Waals surface area contributed by atoms with Crippen LogP contribution in [0.5, 0.6) is 0 Å². The number of rotatable bonds is 13. The fourth-order valence-corrected chi connectivity index (χ4v) is 6.09. The maximum absolute atomic E-state index is 14.1. The van der Waals surface area contributed by atoms with Gasteiger partial charge in [-0.15, -0.1) is 0 Å². The van der Waals surface area contributed by atoms with Gasteiger partial charge in [0.2, 0.25) is 23.6 Å². The third-order valence-electron chi connectivity index (χ3n) is 8.83. The van der Waals surface area contributed by atoms with E-state index in [0.717, 1.165) is 12.0 Å². The molecule has 1 aromatic rings. The van der Waals surface area contributed by atoms with Crippen LogP contribution in [-0.2, 0) is 24.6 Å². The van der Waals surface area contributed by atoms with Crippen LogP contribution in [0.2, 0.25) is 0 Å². The minimum Gasteiger partial charge on any atom is -0.357 e. The van der Waals surface area contributed by atoms with Gasteiger partial charge in [-0.2, -0.15) is 0 Å². The van der Waals surface area contributed by atoms with Crippen molar-refractivity contribution in [2.75, 3.05) is 47.8 Å². The summed E-state index contributed by atoms with van der Waals surface area (Å²) >= 11 is 0. The molecule has 2 rings (SSSR count). The molecule has 43 heavy (non-hydrogen) atoms. The Kier molecular flexibility index (Phi) is 12.8. The highest BCUT2D eigenvalue weighted by atomic mass is 16.2. The van der Waals surface area contributed by atoms with Crippen LogP contribution in [0.3, 0.4) is 0 Å². The van der Waals surface area contributed by atoms with E-state index in [2.05, 4.69) is 29.8 Å².